The second-order valence-electron chi connectivity index (χ2n) is 8.59. The number of likely N-dealkylation sites (tertiary alicyclic amines) is 1. The molecule has 2 aromatic rings. The van der Waals surface area contributed by atoms with Gasteiger partial charge in [0.15, 0.2) is 5.13 Å². The fourth-order valence-electron chi connectivity index (χ4n) is 4.28. The number of carbonyl (C=O) groups is 3. The second-order valence-corrected chi connectivity index (χ2v) is 9.45. The molecule has 1 aromatic heterocycles. The predicted molar refractivity (Wildman–Crippen MR) is 120 cm³/mol. The van der Waals surface area contributed by atoms with Crippen molar-refractivity contribution in [3.63, 3.8) is 0 Å². The zero-order valence-corrected chi connectivity index (χ0v) is 18.8. The summed E-state index contributed by atoms with van der Waals surface area (Å²) in [5.74, 6) is 0.00963. The fraction of sp³-hybridized carbons (Fsp3) is 0.478. The number of benzene rings is 1. The maximum Gasteiger partial charge on any atom is 0.261 e. The monoisotopic (exact) mass is 440 g/mol. The molecule has 0 saturated carbocycles. The summed E-state index contributed by atoms with van der Waals surface area (Å²) < 4.78 is 0. The quantitative estimate of drug-likeness (QED) is 0.664. The molecular formula is C23H28N4O3S. The Balaban J connectivity index is 1.24. The third-order valence-electron chi connectivity index (χ3n) is 5.84. The summed E-state index contributed by atoms with van der Waals surface area (Å²) in [5, 5.41) is 5.44. The van der Waals surface area contributed by atoms with Crippen molar-refractivity contribution in [3.05, 3.63) is 46.0 Å². The van der Waals surface area contributed by atoms with Gasteiger partial charge in [0.2, 0.25) is 5.91 Å². The van der Waals surface area contributed by atoms with E-state index in [4.69, 9.17) is 0 Å². The lowest BCUT2D eigenvalue weighted by Gasteiger charge is -2.30. The molecule has 3 heterocycles. The van der Waals surface area contributed by atoms with Crippen molar-refractivity contribution in [1.82, 2.24) is 14.8 Å². The standard InChI is InChI=1S/C23H28N4O3S/c1-15-7-8-18-19(11-15)22(30)27(21(18)29)10-4-6-20(28)25-23-24-17(14-31-23)13-26-9-3-5-16(2)12-26/h7-8,11,14,16H,3-6,9-10,12-13H2,1-2H3,(H,24,25,28). The minimum Gasteiger partial charge on any atom is -0.302 e. The van der Waals surface area contributed by atoms with Crippen LogP contribution in [0.3, 0.4) is 0 Å². The first kappa shape index (κ1) is 21.6. The number of thiazole rings is 1. The zero-order chi connectivity index (χ0) is 22.0. The van der Waals surface area contributed by atoms with Gasteiger partial charge in [0, 0.05) is 31.4 Å². The third kappa shape index (κ3) is 5.02. The molecule has 3 amide bonds. The molecule has 0 spiro atoms. The Morgan fingerprint density at radius 2 is 2.06 bits per heavy atom. The molecule has 1 unspecified atom stereocenters. The van der Waals surface area contributed by atoms with Gasteiger partial charge in [0.25, 0.3) is 11.8 Å². The van der Waals surface area contributed by atoms with Crippen LogP contribution in [0.5, 0.6) is 0 Å². The number of nitrogens with zero attached hydrogens (tertiary/aromatic N) is 3. The van der Waals surface area contributed by atoms with Crippen LogP contribution in [0.25, 0.3) is 0 Å². The molecule has 31 heavy (non-hydrogen) atoms. The molecule has 1 aromatic carbocycles. The minimum absolute atomic E-state index is 0.153. The summed E-state index contributed by atoms with van der Waals surface area (Å²) in [6, 6.07) is 5.27. The van der Waals surface area contributed by atoms with Crippen LogP contribution in [0, 0.1) is 12.8 Å². The Hall–Kier alpha value is -2.58. The van der Waals surface area contributed by atoms with E-state index in [1.807, 2.05) is 18.4 Å². The van der Waals surface area contributed by atoms with Gasteiger partial charge in [-0.1, -0.05) is 18.6 Å². The molecule has 0 aliphatic carbocycles. The van der Waals surface area contributed by atoms with E-state index in [1.54, 1.807) is 12.1 Å². The highest BCUT2D eigenvalue weighted by Gasteiger charge is 2.35. The van der Waals surface area contributed by atoms with Crippen molar-refractivity contribution in [1.29, 1.82) is 0 Å². The minimum atomic E-state index is -0.281. The molecular weight excluding hydrogens is 412 g/mol. The number of anilines is 1. The zero-order valence-electron chi connectivity index (χ0n) is 18.0. The molecule has 0 bridgehead atoms. The molecule has 1 saturated heterocycles. The second kappa shape index (κ2) is 9.28. The number of aryl methyl sites for hydroxylation is 1. The van der Waals surface area contributed by atoms with Gasteiger partial charge < -0.3 is 5.32 Å². The number of carbonyl (C=O) groups excluding carboxylic acids is 3. The molecule has 7 nitrogen and oxygen atoms in total. The van der Waals surface area contributed by atoms with Gasteiger partial charge in [-0.3, -0.25) is 24.2 Å². The van der Waals surface area contributed by atoms with Crippen LogP contribution in [0.2, 0.25) is 0 Å². The fourth-order valence-corrected chi connectivity index (χ4v) is 5.00. The molecule has 0 radical (unpaired) electrons. The Bertz CT molecular complexity index is 1000. The van der Waals surface area contributed by atoms with Crippen molar-refractivity contribution in [3.8, 4) is 0 Å². The number of aromatic nitrogens is 1. The first-order valence-electron chi connectivity index (χ1n) is 10.8. The summed E-state index contributed by atoms with van der Waals surface area (Å²) in [6.07, 6.45) is 3.15. The Kier molecular flexibility index (Phi) is 6.48. The van der Waals surface area contributed by atoms with Gasteiger partial charge in [-0.15, -0.1) is 11.3 Å². The summed E-state index contributed by atoms with van der Waals surface area (Å²) in [5.41, 5.74) is 2.82. The van der Waals surface area contributed by atoms with Gasteiger partial charge >= 0.3 is 0 Å². The lowest BCUT2D eigenvalue weighted by molar-refractivity contribution is -0.116. The van der Waals surface area contributed by atoms with Crippen LogP contribution < -0.4 is 5.32 Å². The summed E-state index contributed by atoms with van der Waals surface area (Å²) >= 11 is 1.43. The maximum atomic E-state index is 12.5. The van der Waals surface area contributed by atoms with Crippen LogP contribution in [-0.2, 0) is 11.3 Å². The average molecular weight is 441 g/mol. The van der Waals surface area contributed by atoms with Crippen LogP contribution in [0.15, 0.2) is 23.6 Å². The lowest BCUT2D eigenvalue weighted by Crippen LogP contribution is -2.33. The number of rotatable bonds is 7. The first-order chi connectivity index (χ1) is 14.9. The average Bonchev–Trinajstić information content (AvgIpc) is 3.25. The van der Waals surface area contributed by atoms with Crippen molar-refractivity contribution >= 4 is 34.2 Å². The van der Waals surface area contributed by atoms with Gasteiger partial charge in [-0.2, -0.15) is 0 Å². The number of fused-ring (bicyclic) bond motifs is 1. The van der Waals surface area contributed by atoms with Gasteiger partial charge in [-0.05, 0) is 50.8 Å². The largest absolute Gasteiger partial charge is 0.302 e. The number of nitrogens with one attached hydrogen (secondary N) is 1. The Labute approximate surface area is 186 Å². The number of hydrogen-bond acceptors (Lipinski definition) is 6. The van der Waals surface area contributed by atoms with Gasteiger partial charge in [0.05, 0.1) is 16.8 Å². The Morgan fingerprint density at radius 3 is 2.87 bits per heavy atom. The number of amides is 3. The van der Waals surface area contributed by atoms with E-state index in [2.05, 4.69) is 22.1 Å². The highest BCUT2D eigenvalue weighted by Crippen LogP contribution is 2.24. The van der Waals surface area contributed by atoms with Crippen LogP contribution in [0.4, 0.5) is 5.13 Å². The molecule has 1 N–H and O–H groups in total. The molecule has 2 aliphatic rings. The number of hydrogen-bond donors (Lipinski definition) is 1. The van der Waals surface area contributed by atoms with E-state index in [-0.39, 0.29) is 30.7 Å². The highest BCUT2D eigenvalue weighted by atomic mass is 32.1. The van der Waals surface area contributed by atoms with Crippen molar-refractivity contribution < 1.29 is 14.4 Å². The van der Waals surface area contributed by atoms with Crippen molar-refractivity contribution in [2.24, 2.45) is 5.92 Å². The summed E-state index contributed by atoms with van der Waals surface area (Å²) in [7, 11) is 0. The summed E-state index contributed by atoms with van der Waals surface area (Å²) in [6.45, 7) is 7.41. The van der Waals surface area contributed by atoms with E-state index in [0.717, 1.165) is 36.8 Å². The van der Waals surface area contributed by atoms with Crippen molar-refractivity contribution in [2.45, 2.75) is 46.1 Å². The third-order valence-corrected chi connectivity index (χ3v) is 6.64. The molecule has 4 rings (SSSR count). The van der Waals surface area contributed by atoms with E-state index >= 15 is 0 Å². The van der Waals surface area contributed by atoms with E-state index < -0.39 is 0 Å². The van der Waals surface area contributed by atoms with Crippen LogP contribution in [0.1, 0.15) is 64.6 Å². The smallest absolute Gasteiger partial charge is 0.261 e. The van der Waals surface area contributed by atoms with Gasteiger partial charge in [-0.25, -0.2) is 4.98 Å². The van der Waals surface area contributed by atoms with E-state index in [0.29, 0.717) is 22.7 Å². The Morgan fingerprint density at radius 1 is 1.26 bits per heavy atom. The van der Waals surface area contributed by atoms with Crippen LogP contribution in [-0.4, -0.2) is 52.1 Å². The molecule has 164 valence electrons. The SMILES string of the molecule is Cc1ccc2c(c1)C(=O)N(CCCC(=O)Nc1nc(CN3CCCC(C)C3)cs1)C2=O. The molecule has 2 aliphatic heterocycles. The number of piperidine rings is 1. The molecule has 1 fully saturated rings. The van der Waals surface area contributed by atoms with Gasteiger partial charge in [0.1, 0.15) is 0 Å². The molecule has 1 atom stereocenters. The topological polar surface area (TPSA) is 82.6 Å². The summed E-state index contributed by atoms with van der Waals surface area (Å²) in [4.78, 5) is 45.5. The van der Waals surface area contributed by atoms with Crippen LogP contribution >= 0.6 is 11.3 Å². The molecule has 8 heteroatoms. The number of imide groups is 1. The van der Waals surface area contributed by atoms with Crippen molar-refractivity contribution in [2.75, 3.05) is 25.0 Å². The van der Waals surface area contributed by atoms with E-state index in [9.17, 15) is 14.4 Å². The first-order valence-corrected chi connectivity index (χ1v) is 11.7. The lowest BCUT2D eigenvalue weighted by atomic mass is 10.0. The predicted octanol–water partition coefficient (Wildman–Crippen LogP) is 3.70. The van der Waals surface area contributed by atoms with E-state index in [1.165, 1.54) is 29.1 Å². The normalized spacial score (nSPS) is 19.0. The maximum absolute atomic E-state index is 12.5. The highest BCUT2D eigenvalue weighted by molar-refractivity contribution is 7.13.